The van der Waals surface area contributed by atoms with Crippen LogP contribution in [0.25, 0.3) is 10.8 Å². The Morgan fingerprint density at radius 3 is 2.85 bits per heavy atom. The van der Waals surface area contributed by atoms with Crippen LogP contribution in [0.1, 0.15) is 5.69 Å². The highest BCUT2D eigenvalue weighted by molar-refractivity contribution is 6.31. The van der Waals surface area contributed by atoms with Gasteiger partial charge >= 0.3 is 0 Å². The van der Waals surface area contributed by atoms with Crippen molar-refractivity contribution in [3.8, 4) is 0 Å². The van der Waals surface area contributed by atoms with Crippen molar-refractivity contribution < 1.29 is 4.39 Å². The highest BCUT2D eigenvalue weighted by Crippen LogP contribution is 2.23. The minimum atomic E-state index is -0.361. The zero-order chi connectivity index (χ0) is 9.42. The lowest BCUT2D eigenvalue weighted by atomic mass is 10.1. The summed E-state index contributed by atoms with van der Waals surface area (Å²) in [6, 6.07) is 2.95. The molecule has 13 heavy (non-hydrogen) atoms. The van der Waals surface area contributed by atoms with Crippen molar-refractivity contribution in [2.75, 3.05) is 0 Å². The van der Waals surface area contributed by atoms with Crippen LogP contribution < -0.4 is 0 Å². The first-order valence-electron chi connectivity index (χ1n) is 3.75. The molecule has 0 radical (unpaired) electrons. The molecule has 0 atom stereocenters. The van der Waals surface area contributed by atoms with Gasteiger partial charge in [-0.1, -0.05) is 11.6 Å². The van der Waals surface area contributed by atoms with Crippen molar-refractivity contribution in [2.45, 2.75) is 6.92 Å². The molecule has 0 saturated heterocycles. The molecule has 0 saturated carbocycles. The second kappa shape index (κ2) is 2.92. The molecule has 0 aliphatic carbocycles. The first kappa shape index (κ1) is 8.38. The van der Waals surface area contributed by atoms with Crippen LogP contribution in [0.4, 0.5) is 4.39 Å². The van der Waals surface area contributed by atoms with E-state index >= 15 is 0 Å². The zero-order valence-corrected chi connectivity index (χ0v) is 7.64. The topological polar surface area (TPSA) is 25.8 Å². The Kier molecular flexibility index (Phi) is 1.88. The van der Waals surface area contributed by atoms with Gasteiger partial charge in [0.2, 0.25) is 0 Å². The lowest BCUT2D eigenvalue weighted by Crippen LogP contribution is -1.90. The second-order valence-electron chi connectivity index (χ2n) is 2.78. The van der Waals surface area contributed by atoms with Crippen LogP contribution in [0.2, 0.25) is 5.02 Å². The van der Waals surface area contributed by atoms with Crippen molar-refractivity contribution >= 4 is 22.4 Å². The Bertz CT molecular complexity index is 470. The molecule has 0 spiro atoms. The maximum atomic E-state index is 13.3. The van der Waals surface area contributed by atoms with E-state index in [4.69, 9.17) is 11.6 Å². The van der Waals surface area contributed by atoms with Crippen LogP contribution in [-0.4, -0.2) is 10.2 Å². The molecule has 0 amide bonds. The largest absolute Gasteiger partial charge is 0.206 e. The van der Waals surface area contributed by atoms with Crippen LogP contribution in [0, 0.1) is 12.7 Å². The lowest BCUT2D eigenvalue weighted by Gasteiger charge is -2.01. The quantitative estimate of drug-likeness (QED) is 0.648. The minimum absolute atomic E-state index is 0.361. The second-order valence-corrected chi connectivity index (χ2v) is 3.22. The Labute approximate surface area is 79.4 Å². The molecule has 66 valence electrons. The molecule has 2 nitrogen and oxygen atoms in total. The van der Waals surface area contributed by atoms with Crippen molar-refractivity contribution in [3.63, 3.8) is 0 Å². The van der Waals surface area contributed by atoms with Crippen LogP contribution in [-0.2, 0) is 0 Å². The predicted octanol–water partition coefficient (Wildman–Crippen LogP) is 2.73. The fraction of sp³-hybridized carbons (Fsp3) is 0.111. The highest BCUT2D eigenvalue weighted by Gasteiger charge is 2.05. The number of aromatic nitrogens is 2. The minimum Gasteiger partial charge on any atom is -0.206 e. The summed E-state index contributed by atoms with van der Waals surface area (Å²) in [5, 5.41) is 9.02. The van der Waals surface area contributed by atoms with Crippen LogP contribution >= 0.6 is 11.6 Å². The third-order valence-corrected chi connectivity index (χ3v) is 2.10. The molecule has 1 aromatic heterocycles. The Hall–Kier alpha value is -1.22. The molecular weight excluding hydrogens is 191 g/mol. The van der Waals surface area contributed by atoms with Crippen molar-refractivity contribution in [3.05, 3.63) is 34.9 Å². The average molecular weight is 197 g/mol. The third-order valence-electron chi connectivity index (χ3n) is 1.88. The van der Waals surface area contributed by atoms with E-state index in [1.807, 2.05) is 0 Å². The van der Waals surface area contributed by atoms with Gasteiger partial charge in [0, 0.05) is 15.8 Å². The monoisotopic (exact) mass is 196 g/mol. The number of halogens is 2. The first-order chi connectivity index (χ1) is 6.18. The number of hydrogen-bond acceptors (Lipinski definition) is 2. The normalized spacial score (nSPS) is 10.7. The van der Waals surface area contributed by atoms with Gasteiger partial charge in [-0.2, -0.15) is 10.2 Å². The summed E-state index contributed by atoms with van der Waals surface area (Å²) in [6.45, 7) is 1.77. The highest BCUT2D eigenvalue weighted by atomic mass is 35.5. The fourth-order valence-electron chi connectivity index (χ4n) is 1.24. The standard InChI is InChI=1S/C9H6ClFN2/c1-5-7-2-6(10)3-9(11)8(7)4-12-13-5/h2-4H,1H3. The van der Waals surface area contributed by atoms with E-state index < -0.39 is 0 Å². The molecular formula is C9H6ClFN2. The number of hydrogen-bond donors (Lipinski definition) is 0. The molecule has 0 N–H and O–H groups in total. The first-order valence-corrected chi connectivity index (χ1v) is 4.13. The molecule has 0 fully saturated rings. The van der Waals surface area contributed by atoms with Gasteiger partial charge in [0.15, 0.2) is 0 Å². The third kappa shape index (κ3) is 1.35. The van der Waals surface area contributed by atoms with Crippen LogP contribution in [0.15, 0.2) is 18.3 Å². The maximum absolute atomic E-state index is 13.3. The van der Waals surface area contributed by atoms with Gasteiger partial charge in [-0.25, -0.2) is 4.39 Å². The molecule has 2 rings (SSSR count). The predicted molar refractivity (Wildman–Crippen MR) is 49.2 cm³/mol. The summed E-state index contributed by atoms with van der Waals surface area (Å²) in [6.07, 6.45) is 1.40. The van der Waals surface area contributed by atoms with Gasteiger partial charge < -0.3 is 0 Å². The van der Waals surface area contributed by atoms with E-state index in [0.29, 0.717) is 21.5 Å². The van der Waals surface area contributed by atoms with Gasteiger partial charge in [0.1, 0.15) is 5.82 Å². The molecule has 1 aromatic carbocycles. The van der Waals surface area contributed by atoms with Crippen molar-refractivity contribution in [2.24, 2.45) is 0 Å². The Morgan fingerprint density at radius 2 is 2.08 bits per heavy atom. The summed E-state index contributed by atoms with van der Waals surface area (Å²) < 4.78 is 13.3. The summed E-state index contributed by atoms with van der Waals surface area (Å²) >= 11 is 5.71. The lowest BCUT2D eigenvalue weighted by molar-refractivity contribution is 0.639. The molecule has 0 unspecified atom stereocenters. The van der Waals surface area contributed by atoms with Crippen LogP contribution in [0.5, 0.6) is 0 Å². The Balaban J connectivity index is 2.94. The van der Waals surface area contributed by atoms with E-state index in [1.165, 1.54) is 12.3 Å². The van der Waals surface area contributed by atoms with E-state index in [1.54, 1.807) is 13.0 Å². The smallest absolute Gasteiger partial charge is 0.134 e. The van der Waals surface area contributed by atoms with E-state index in [-0.39, 0.29) is 5.82 Å². The maximum Gasteiger partial charge on any atom is 0.134 e. The SMILES string of the molecule is Cc1nncc2c(F)cc(Cl)cc12. The summed E-state index contributed by atoms with van der Waals surface area (Å²) in [7, 11) is 0. The molecule has 0 aliphatic rings. The van der Waals surface area contributed by atoms with Gasteiger partial charge in [-0.05, 0) is 19.1 Å². The van der Waals surface area contributed by atoms with E-state index in [9.17, 15) is 4.39 Å². The summed E-state index contributed by atoms with van der Waals surface area (Å²) in [5.74, 6) is -0.361. The molecule has 0 aliphatic heterocycles. The number of rotatable bonds is 0. The number of benzene rings is 1. The summed E-state index contributed by atoms with van der Waals surface area (Å²) in [4.78, 5) is 0. The van der Waals surface area contributed by atoms with E-state index in [0.717, 1.165) is 0 Å². The van der Waals surface area contributed by atoms with Crippen molar-refractivity contribution in [1.82, 2.24) is 10.2 Å². The van der Waals surface area contributed by atoms with Gasteiger partial charge in [-0.3, -0.25) is 0 Å². The fourth-order valence-corrected chi connectivity index (χ4v) is 1.45. The summed E-state index contributed by atoms with van der Waals surface area (Å²) in [5.41, 5.74) is 0.680. The number of fused-ring (bicyclic) bond motifs is 1. The van der Waals surface area contributed by atoms with Crippen LogP contribution in [0.3, 0.4) is 0 Å². The molecule has 2 aromatic rings. The number of nitrogens with zero attached hydrogens (tertiary/aromatic N) is 2. The Morgan fingerprint density at radius 1 is 1.31 bits per heavy atom. The van der Waals surface area contributed by atoms with Gasteiger partial charge in [0.25, 0.3) is 0 Å². The van der Waals surface area contributed by atoms with Gasteiger partial charge in [-0.15, -0.1) is 0 Å². The average Bonchev–Trinajstić information content (AvgIpc) is 2.07. The number of aryl methyl sites for hydroxylation is 1. The van der Waals surface area contributed by atoms with Crippen molar-refractivity contribution in [1.29, 1.82) is 0 Å². The molecule has 0 bridgehead atoms. The molecule has 4 heteroatoms. The van der Waals surface area contributed by atoms with E-state index in [2.05, 4.69) is 10.2 Å². The molecule has 1 heterocycles. The van der Waals surface area contributed by atoms with Gasteiger partial charge in [0.05, 0.1) is 11.9 Å². The zero-order valence-electron chi connectivity index (χ0n) is 6.88.